The molecule has 1 aliphatic rings. The lowest BCUT2D eigenvalue weighted by Gasteiger charge is -2.11. The van der Waals surface area contributed by atoms with Gasteiger partial charge in [0.2, 0.25) is 11.8 Å². The molecule has 0 bridgehead atoms. The van der Waals surface area contributed by atoms with E-state index in [9.17, 15) is 4.79 Å². The van der Waals surface area contributed by atoms with Gasteiger partial charge in [-0.05, 0) is 31.4 Å². The third kappa shape index (κ3) is 3.50. The highest BCUT2D eigenvalue weighted by Crippen LogP contribution is 2.24. The van der Waals surface area contributed by atoms with Gasteiger partial charge in [0.15, 0.2) is 0 Å². The Hall–Kier alpha value is -1.82. The van der Waals surface area contributed by atoms with Gasteiger partial charge in [-0.1, -0.05) is 35.5 Å². The highest BCUT2D eigenvalue weighted by atomic mass is 32.2. The highest BCUT2D eigenvalue weighted by Gasteiger charge is 2.22. The molecule has 1 aromatic heterocycles. The average Bonchev–Trinajstić information content (AvgIpc) is 3.10. The summed E-state index contributed by atoms with van der Waals surface area (Å²) in [5.74, 6) is 1.49. The van der Waals surface area contributed by atoms with E-state index in [1.807, 2.05) is 0 Å². The lowest BCUT2D eigenvalue weighted by molar-refractivity contribution is -0.128. The Morgan fingerprint density at radius 3 is 2.95 bits per heavy atom. The van der Waals surface area contributed by atoms with Crippen molar-refractivity contribution >= 4 is 17.7 Å². The van der Waals surface area contributed by atoms with Gasteiger partial charge in [-0.15, -0.1) is 10.2 Å². The van der Waals surface area contributed by atoms with Gasteiger partial charge < -0.3 is 9.32 Å². The summed E-state index contributed by atoms with van der Waals surface area (Å²) in [5.41, 5.74) is 3.79. The monoisotopic (exact) mass is 317 g/mol. The van der Waals surface area contributed by atoms with E-state index >= 15 is 0 Å². The van der Waals surface area contributed by atoms with Crippen LogP contribution in [0.3, 0.4) is 0 Å². The first-order valence-corrected chi connectivity index (χ1v) is 8.39. The van der Waals surface area contributed by atoms with Crippen LogP contribution in [-0.4, -0.2) is 27.5 Å². The van der Waals surface area contributed by atoms with Gasteiger partial charge in [-0.2, -0.15) is 0 Å². The molecule has 2 aromatic rings. The first-order chi connectivity index (χ1) is 10.6. The van der Waals surface area contributed by atoms with Crippen molar-refractivity contribution in [2.24, 2.45) is 0 Å². The van der Waals surface area contributed by atoms with Crippen LogP contribution in [0.4, 0.5) is 0 Å². The molecule has 0 unspecified atom stereocenters. The summed E-state index contributed by atoms with van der Waals surface area (Å²) in [6.45, 7) is 5.40. The third-order valence-electron chi connectivity index (χ3n) is 3.80. The maximum atomic E-state index is 11.6. The van der Waals surface area contributed by atoms with Crippen LogP contribution in [0.15, 0.2) is 27.8 Å². The second-order valence-corrected chi connectivity index (χ2v) is 6.53. The predicted molar refractivity (Wildman–Crippen MR) is 84.4 cm³/mol. The van der Waals surface area contributed by atoms with E-state index in [0.717, 1.165) is 18.7 Å². The number of rotatable bonds is 5. The molecule has 2 heterocycles. The number of likely N-dealkylation sites (tertiary alicyclic amines) is 1. The van der Waals surface area contributed by atoms with Crippen molar-refractivity contribution in [1.29, 1.82) is 0 Å². The van der Waals surface area contributed by atoms with Crippen LogP contribution < -0.4 is 0 Å². The Morgan fingerprint density at radius 1 is 1.32 bits per heavy atom. The molecule has 0 N–H and O–H groups in total. The van der Waals surface area contributed by atoms with E-state index in [1.165, 1.54) is 28.5 Å². The fourth-order valence-electron chi connectivity index (χ4n) is 2.49. The quantitative estimate of drug-likeness (QED) is 0.793. The van der Waals surface area contributed by atoms with E-state index in [4.69, 9.17) is 4.42 Å². The van der Waals surface area contributed by atoms with E-state index < -0.39 is 0 Å². The Balaban J connectivity index is 1.59. The largest absolute Gasteiger partial charge is 0.414 e. The second kappa shape index (κ2) is 6.52. The fraction of sp³-hybridized carbons (Fsp3) is 0.438. The number of hydrogen-bond acceptors (Lipinski definition) is 5. The molecule has 116 valence electrons. The van der Waals surface area contributed by atoms with Gasteiger partial charge in [0.25, 0.3) is 5.22 Å². The summed E-state index contributed by atoms with van der Waals surface area (Å²) in [4.78, 5) is 13.4. The zero-order valence-corrected chi connectivity index (χ0v) is 13.7. The number of carbonyl (C=O) groups excluding carboxylic acids is 1. The van der Waals surface area contributed by atoms with Crippen molar-refractivity contribution in [2.75, 3.05) is 6.54 Å². The van der Waals surface area contributed by atoms with Gasteiger partial charge in [0, 0.05) is 18.7 Å². The molecule has 22 heavy (non-hydrogen) atoms. The summed E-state index contributed by atoms with van der Waals surface area (Å²) >= 11 is 1.53. The highest BCUT2D eigenvalue weighted by molar-refractivity contribution is 7.98. The first-order valence-electron chi connectivity index (χ1n) is 7.41. The Bertz CT molecular complexity index is 684. The normalized spacial score (nSPS) is 14.8. The molecular formula is C16H19N3O2S. The third-order valence-corrected chi connectivity index (χ3v) is 4.67. The van der Waals surface area contributed by atoms with Gasteiger partial charge in [-0.25, -0.2) is 0 Å². The number of carbonyl (C=O) groups is 1. The number of benzene rings is 1. The summed E-state index contributed by atoms with van der Waals surface area (Å²) in [6.07, 6.45) is 1.55. The number of aromatic nitrogens is 2. The molecule has 0 radical (unpaired) electrons. The molecule has 1 aromatic carbocycles. The SMILES string of the molecule is Cc1ccc(C)c(CSc2nnc(CN3CCCC3=O)o2)c1. The van der Waals surface area contributed by atoms with E-state index in [2.05, 4.69) is 42.2 Å². The van der Waals surface area contributed by atoms with Crippen LogP contribution in [0.1, 0.15) is 35.4 Å². The van der Waals surface area contributed by atoms with Gasteiger partial charge in [0.1, 0.15) is 0 Å². The first kappa shape index (κ1) is 15.1. The van der Waals surface area contributed by atoms with Gasteiger partial charge >= 0.3 is 0 Å². The number of thioether (sulfide) groups is 1. The van der Waals surface area contributed by atoms with Crippen LogP contribution in [0.25, 0.3) is 0 Å². The van der Waals surface area contributed by atoms with E-state index in [1.54, 1.807) is 4.90 Å². The van der Waals surface area contributed by atoms with Crippen molar-refractivity contribution in [1.82, 2.24) is 15.1 Å². The zero-order valence-electron chi connectivity index (χ0n) is 12.8. The lowest BCUT2D eigenvalue weighted by Crippen LogP contribution is -2.23. The Morgan fingerprint density at radius 2 is 2.18 bits per heavy atom. The molecule has 5 nitrogen and oxygen atoms in total. The minimum absolute atomic E-state index is 0.169. The van der Waals surface area contributed by atoms with Crippen molar-refractivity contribution in [3.05, 3.63) is 40.8 Å². The molecule has 0 saturated carbocycles. The maximum absolute atomic E-state index is 11.6. The van der Waals surface area contributed by atoms with Crippen LogP contribution in [-0.2, 0) is 17.1 Å². The maximum Gasteiger partial charge on any atom is 0.276 e. The fourth-order valence-corrected chi connectivity index (χ4v) is 3.33. The topological polar surface area (TPSA) is 59.2 Å². The van der Waals surface area contributed by atoms with Crippen LogP contribution in [0, 0.1) is 13.8 Å². The summed E-state index contributed by atoms with van der Waals surface area (Å²) in [7, 11) is 0. The molecule has 0 atom stereocenters. The van der Waals surface area contributed by atoms with Crippen LogP contribution in [0.2, 0.25) is 0 Å². The van der Waals surface area contributed by atoms with Crippen molar-refractivity contribution in [3.8, 4) is 0 Å². The summed E-state index contributed by atoms with van der Waals surface area (Å²) < 4.78 is 5.63. The standard InChI is InChI=1S/C16H19N3O2S/c1-11-5-6-12(2)13(8-11)10-22-16-18-17-14(21-16)9-19-7-3-4-15(19)20/h5-6,8H,3-4,7,9-10H2,1-2H3. The number of nitrogens with zero attached hydrogens (tertiary/aromatic N) is 3. The Labute approximate surface area is 134 Å². The number of aryl methyl sites for hydroxylation is 2. The Kier molecular flexibility index (Phi) is 4.47. The van der Waals surface area contributed by atoms with Crippen LogP contribution in [0.5, 0.6) is 0 Å². The van der Waals surface area contributed by atoms with Gasteiger partial charge in [-0.3, -0.25) is 4.79 Å². The van der Waals surface area contributed by atoms with Crippen molar-refractivity contribution in [2.45, 2.75) is 44.2 Å². The lowest BCUT2D eigenvalue weighted by atomic mass is 10.1. The molecule has 1 aliphatic heterocycles. The number of hydrogen-bond donors (Lipinski definition) is 0. The second-order valence-electron chi connectivity index (χ2n) is 5.60. The van der Waals surface area contributed by atoms with Crippen molar-refractivity contribution < 1.29 is 9.21 Å². The molecule has 0 aliphatic carbocycles. The molecule has 3 rings (SSSR count). The summed E-state index contributed by atoms with van der Waals surface area (Å²) in [5, 5.41) is 8.65. The molecular weight excluding hydrogens is 298 g/mol. The minimum Gasteiger partial charge on any atom is -0.414 e. The van der Waals surface area contributed by atoms with E-state index in [0.29, 0.717) is 24.1 Å². The van der Waals surface area contributed by atoms with Gasteiger partial charge in [0.05, 0.1) is 6.54 Å². The molecule has 0 spiro atoms. The number of amides is 1. The molecule has 1 fully saturated rings. The van der Waals surface area contributed by atoms with Crippen molar-refractivity contribution in [3.63, 3.8) is 0 Å². The van der Waals surface area contributed by atoms with E-state index in [-0.39, 0.29) is 5.91 Å². The zero-order chi connectivity index (χ0) is 15.5. The average molecular weight is 317 g/mol. The predicted octanol–water partition coefficient (Wildman–Crippen LogP) is 3.10. The molecule has 1 saturated heterocycles. The minimum atomic E-state index is 0.169. The molecule has 6 heteroatoms. The molecule has 1 amide bonds. The smallest absolute Gasteiger partial charge is 0.276 e. The van der Waals surface area contributed by atoms with Crippen LogP contribution >= 0.6 is 11.8 Å². The summed E-state index contributed by atoms with van der Waals surface area (Å²) in [6, 6.07) is 6.42.